The fourth-order valence-corrected chi connectivity index (χ4v) is 5.33. The Kier molecular flexibility index (Phi) is 4.67. The van der Waals surface area contributed by atoms with Gasteiger partial charge in [0.05, 0.1) is 21.5 Å². The third-order valence-corrected chi connectivity index (χ3v) is 6.75. The smallest absolute Gasteiger partial charge is 0.310 e. The van der Waals surface area contributed by atoms with Crippen LogP contribution in [0.4, 0.5) is 19.0 Å². The lowest BCUT2D eigenvalue weighted by Gasteiger charge is -2.24. The van der Waals surface area contributed by atoms with Crippen LogP contribution in [0, 0.1) is 6.92 Å². The van der Waals surface area contributed by atoms with Crippen LogP contribution in [0.2, 0.25) is 0 Å². The second kappa shape index (κ2) is 7.16. The number of nitrogens with zero attached hydrogens (tertiary/aromatic N) is 3. The highest BCUT2D eigenvalue weighted by atomic mass is 79.9. The number of carbonyl (C=O) groups excluding carboxylic acids is 1. The Morgan fingerprint density at radius 2 is 1.94 bits per heavy atom. The quantitative estimate of drug-likeness (QED) is 0.360. The standard InChI is InChI=1S/C21H14BrF3N4OS/c1-10-18-14(11-2-4-12(5-3-11)21(23,24)25)9-17(30)27-19(18)29(28-10)20-26-15-7-6-13(22)8-16(15)31-20/h2-8,14H,9H2,1H3,(H,27,30)/t14-/m1/s1. The van der Waals surface area contributed by atoms with E-state index in [-0.39, 0.29) is 18.2 Å². The molecule has 31 heavy (non-hydrogen) atoms. The number of alkyl halides is 3. The Bertz CT molecular complexity index is 1330. The van der Waals surface area contributed by atoms with E-state index in [9.17, 15) is 18.0 Å². The maximum Gasteiger partial charge on any atom is 0.416 e. The Labute approximate surface area is 187 Å². The third kappa shape index (κ3) is 3.53. The summed E-state index contributed by atoms with van der Waals surface area (Å²) in [5, 5.41) is 8.09. The van der Waals surface area contributed by atoms with E-state index in [4.69, 9.17) is 0 Å². The molecule has 0 saturated carbocycles. The molecule has 10 heteroatoms. The van der Waals surface area contributed by atoms with Gasteiger partial charge in [0.15, 0.2) is 0 Å². The fourth-order valence-electron chi connectivity index (χ4n) is 3.85. The first-order valence-corrected chi connectivity index (χ1v) is 10.9. The molecule has 1 N–H and O–H groups in total. The van der Waals surface area contributed by atoms with Crippen molar-refractivity contribution in [1.29, 1.82) is 0 Å². The van der Waals surface area contributed by atoms with Crippen molar-refractivity contribution in [2.45, 2.75) is 25.4 Å². The SMILES string of the molecule is Cc1nn(-c2nc3ccc(Br)cc3s2)c2c1[C@@H](c1ccc(C(F)(F)F)cc1)CC(=O)N2. The highest BCUT2D eigenvalue weighted by Crippen LogP contribution is 2.42. The number of benzene rings is 2. The largest absolute Gasteiger partial charge is 0.416 e. The number of halogens is 4. The maximum atomic E-state index is 12.9. The van der Waals surface area contributed by atoms with E-state index in [1.165, 1.54) is 23.5 Å². The number of hydrogen-bond acceptors (Lipinski definition) is 4. The lowest BCUT2D eigenvalue weighted by molar-refractivity contribution is -0.137. The fraction of sp³-hybridized carbons (Fsp3) is 0.190. The lowest BCUT2D eigenvalue weighted by Crippen LogP contribution is -2.25. The minimum Gasteiger partial charge on any atom is -0.310 e. The molecule has 0 unspecified atom stereocenters. The average molecular weight is 507 g/mol. The first-order valence-electron chi connectivity index (χ1n) is 9.33. The van der Waals surface area contributed by atoms with Gasteiger partial charge in [-0.2, -0.15) is 23.0 Å². The summed E-state index contributed by atoms with van der Waals surface area (Å²) in [5.41, 5.74) is 2.22. The molecule has 158 valence electrons. The number of fused-ring (bicyclic) bond motifs is 2. The predicted molar refractivity (Wildman–Crippen MR) is 116 cm³/mol. The molecule has 3 heterocycles. The zero-order valence-corrected chi connectivity index (χ0v) is 18.4. The molecule has 1 atom stereocenters. The normalized spacial score (nSPS) is 16.4. The number of aryl methyl sites for hydroxylation is 1. The van der Waals surface area contributed by atoms with E-state index in [2.05, 4.69) is 31.3 Å². The van der Waals surface area contributed by atoms with Crippen LogP contribution in [-0.4, -0.2) is 20.7 Å². The number of carbonyl (C=O) groups is 1. The summed E-state index contributed by atoms with van der Waals surface area (Å²) in [7, 11) is 0. The summed E-state index contributed by atoms with van der Waals surface area (Å²) < 4.78 is 42.3. The number of aromatic nitrogens is 3. The molecular weight excluding hydrogens is 493 g/mol. The summed E-state index contributed by atoms with van der Waals surface area (Å²) in [4.78, 5) is 17.1. The van der Waals surface area contributed by atoms with Gasteiger partial charge in [0.2, 0.25) is 11.0 Å². The minimum absolute atomic E-state index is 0.137. The van der Waals surface area contributed by atoms with E-state index < -0.39 is 11.7 Å². The molecule has 0 aliphatic carbocycles. The molecule has 0 bridgehead atoms. The highest BCUT2D eigenvalue weighted by Gasteiger charge is 2.34. The van der Waals surface area contributed by atoms with E-state index in [1.54, 1.807) is 4.68 Å². The van der Waals surface area contributed by atoms with Crippen LogP contribution in [-0.2, 0) is 11.0 Å². The van der Waals surface area contributed by atoms with Crippen molar-refractivity contribution < 1.29 is 18.0 Å². The number of rotatable bonds is 2. The molecule has 0 radical (unpaired) electrons. The first kappa shape index (κ1) is 20.2. The zero-order valence-electron chi connectivity index (χ0n) is 16.0. The summed E-state index contributed by atoms with van der Waals surface area (Å²) in [6, 6.07) is 10.7. The molecule has 2 aromatic carbocycles. The molecular formula is C21H14BrF3N4OS. The van der Waals surface area contributed by atoms with Crippen molar-refractivity contribution in [2.75, 3.05) is 5.32 Å². The molecule has 5 rings (SSSR count). The van der Waals surface area contributed by atoms with Gasteiger partial charge in [0.1, 0.15) is 5.82 Å². The molecule has 0 spiro atoms. The van der Waals surface area contributed by atoms with Crippen LogP contribution >= 0.6 is 27.3 Å². The van der Waals surface area contributed by atoms with E-state index in [0.717, 1.165) is 32.4 Å². The Morgan fingerprint density at radius 3 is 2.65 bits per heavy atom. The van der Waals surface area contributed by atoms with Crippen molar-refractivity contribution in [1.82, 2.24) is 14.8 Å². The van der Waals surface area contributed by atoms with Gasteiger partial charge in [0.25, 0.3) is 0 Å². The molecule has 0 saturated heterocycles. The Balaban J connectivity index is 1.61. The van der Waals surface area contributed by atoms with Crippen LogP contribution in [0.3, 0.4) is 0 Å². The second-order valence-corrected chi connectivity index (χ2v) is 9.22. The van der Waals surface area contributed by atoms with Crippen LogP contribution in [0.15, 0.2) is 46.9 Å². The van der Waals surface area contributed by atoms with Crippen LogP contribution in [0.5, 0.6) is 0 Å². The average Bonchev–Trinajstić information content (AvgIpc) is 3.27. The molecule has 1 amide bonds. The molecule has 1 aliphatic rings. The number of amides is 1. The van der Waals surface area contributed by atoms with Crippen molar-refractivity contribution in [3.05, 3.63) is 69.3 Å². The number of hydrogen-bond donors (Lipinski definition) is 1. The number of anilines is 1. The lowest BCUT2D eigenvalue weighted by atomic mass is 9.85. The van der Waals surface area contributed by atoms with Gasteiger partial charge in [0, 0.05) is 22.4 Å². The summed E-state index contributed by atoms with van der Waals surface area (Å²) in [5.74, 6) is -0.0949. The number of nitrogens with one attached hydrogen (secondary N) is 1. The van der Waals surface area contributed by atoms with Crippen molar-refractivity contribution >= 4 is 49.2 Å². The summed E-state index contributed by atoms with van der Waals surface area (Å²) in [6.07, 6.45) is -4.27. The van der Waals surface area contributed by atoms with Crippen molar-refractivity contribution in [2.24, 2.45) is 0 Å². The van der Waals surface area contributed by atoms with E-state index in [1.807, 2.05) is 25.1 Å². The Hall–Kier alpha value is -2.72. The molecule has 2 aromatic heterocycles. The third-order valence-electron chi connectivity index (χ3n) is 5.26. The van der Waals surface area contributed by atoms with Crippen LogP contribution in [0.25, 0.3) is 15.3 Å². The Morgan fingerprint density at radius 1 is 1.19 bits per heavy atom. The highest BCUT2D eigenvalue weighted by molar-refractivity contribution is 9.10. The number of thiazole rings is 1. The first-order chi connectivity index (χ1) is 14.7. The predicted octanol–water partition coefficient (Wildman–Crippen LogP) is 6.05. The van der Waals surface area contributed by atoms with Gasteiger partial charge < -0.3 is 5.32 Å². The van der Waals surface area contributed by atoms with Gasteiger partial charge in [-0.1, -0.05) is 39.4 Å². The van der Waals surface area contributed by atoms with Gasteiger partial charge in [-0.05, 0) is 42.8 Å². The summed E-state index contributed by atoms with van der Waals surface area (Å²) in [6.45, 7) is 1.83. The van der Waals surface area contributed by atoms with Gasteiger partial charge in [-0.25, -0.2) is 4.98 Å². The zero-order chi connectivity index (χ0) is 21.9. The van der Waals surface area contributed by atoms with Crippen LogP contribution in [0.1, 0.15) is 34.7 Å². The minimum atomic E-state index is -4.41. The summed E-state index contributed by atoms with van der Waals surface area (Å²) >= 11 is 4.89. The molecule has 4 aromatic rings. The monoisotopic (exact) mass is 506 g/mol. The van der Waals surface area contributed by atoms with Gasteiger partial charge in [-0.15, -0.1) is 0 Å². The van der Waals surface area contributed by atoms with Crippen molar-refractivity contribution in [3.8, 4) is 5.13 Å². The van der Waals surface area contributed by atoms with Gasteiger partial charge in [-0.3, -0.25) is 4.79 Å². The van der Waals surface area contributed by atoms with E-state index in [0.29, 0.717) is 22.2 Å². The molecule has 5 nitrogen and oxygen atoms in total. The van der Waals surface area contributed by atoms with Crippen LogP contribution < -0.4 is 5.32 Å². The van der Waals surface area contributed by atoms with E-state index >= 15 is 0 Å². The topological polar surface area (TPSA) is 59.8 Å². The maximum absolute atomic E-state index is 12.9. The van der Waals surface area contributed by atoms with Gasteiger partial charge >= 0.3 is 6.18 Å². The second-order valence-electron chi connectivity index (χ2n) is 7.29. The molecule has 1 aliphatic heterocycles. The molecule has 0 fully saturated rings. The van der Waals surface area contributed by atoms with Crippen molar-refractivity contribution in [3.63, 3.8) is 0 Å².